The SMILES string of the molecule is COc1ccc([C@H](C#N)C(=O)C(F)(F)F)cc1. The number of rotatable bonds is 3. The molecule has 0 amide bonds. The van der Waals surface area contributed by atoms with Crippen LogP contribution in [0.2, 0.25) is 0 Å². The number of benzene rings is 1. The predicted molar refractivity (Wildman–Crippen MR) is 52.4 cm³/mol. The average Bonchev–Trinajstić information content (AvgIpc) is 2.29. The zero-order chi connectivity index (χ0) is 13.1. The van der Waals surface area contributed by atoms with E-state index in [2.05, 4.69) is 0 Å². The van der Waals surface area contributed by atoms with E-state index >= 15 is 0 Å². The third-order valence-corrected chi connectivity index (χ3v) is 2.12. The third kappa shape index (κ3) is 2.97. The van der Waals surface area contributed by atoms with E-state index in [4.69, 9.17) is 10.00 Å². The van der Waals surface area contributed by atoms with Gasteiger partial charge in [-0.05, 0) is 17.7 Å². The molecular weight excluding hydrogens is 235 g/mol. The van der Waals surface area contributed by atoms with Crippen molar-refractivity contribution in [1.29, 1.82) is 5.26 Å². The largest absolute Gasteiger partial charge is 0.497 e. The monoisotopic (exact) mass is 243 g/mol. The molecule has 0 N–H and O–H groups in total. The second kappa shape index (κ2) is 4.87. The minimum atomic E-state index is -5.01. The van der Waals surface area contributed by atoms with Gasteiger partial charge in [0.1, 0.15) is 11.7 Å². The van der Waals surface area contributed by atoms with Crippen LogP contribution in [0.1, 0.15) is 11.5 Å². The smallest absolute Gasteiger partial charge is 0.451 e. The first-order valence-corrected chi connectivity index (χ1v) is 4.54. The Morgan fingerprint density at radius 1 is 1.35 bits per heavy atom. The second-order valence-electron chi connectivity index (χ2n) is 3.20. The first-order chi connectivity index (χ1) is 7.90. The first-order valence-electron chi connectivity index (χ1n) is 4.54. The number of carbonyl (C=O) groups is 1. The molecule has 0 aliphatic heterocycles. The van der Waals surface area contributed by atoms with E-state index < -0.39 is 17.9 Å². The topological polar surface area (TPSA) is 50.1 Å². The van der Waals surface area contributed by atoms with Crippen molar-refractivity contribution in [3.8, 4) is 11.8 Å². The number of nitrogens with zero attached hydrogens (tertiary/aromatic N) is 1. The Labute approximate surface area is 95.4 Å². The van der Waals surface area contributed by atoms with E-state index in [9.17, 15) is 18.0 Å². The summed E-state index contributed by atoms with van der Waals surface area (Å²) < 4.78 is 41.4. The Hall–Kier alpha value is -2.03. The lowest BCUT2D eigenvalue weighted by Crippen LogP contribution is -2.28. The maximum atomic E-state index is 12.2. The van der Waals surface area contributed by atoms with Crippen molar-refractivity contribution in [1.82, 2.24) is 0 Å². The normalized spacial score (nSPS) is 12.6. The summed E-state index contributed by atoms with van der Waals surface area (Å²) in [5.41, 5.74) is -0.00405. The number of hydrogen-bond acceptors (Lipinski definition) is 3. The van der Waals surface area contributed by atoms with Gasteiger partial charge >= 0.3 is 6.18 Å². The van der Waals surface area contributed by atoms with Crippen LogP contribution in [-0.2, 0) is 4.79 Å². The molecule has 0 bridgehead atoms. The zero-order valence-corrected chi connectivity index (χ0v) is 8.78. The van der Waals surface area contributed by atoms with Gasteiger partial charge in [0, 0.05) is 0 Å². The van der Waals surface area contributed by atoms with Crippen molar-refractivity contribution in [3.05, 3.63) is 29.8 Å². The van der Waals surface area contributed by atoms with Gasteiger partial charge in [-0.25, -0.2) is 0 Å². The number of halogens is 3. The molecular formula is C11H8F3NO2. The molecule has 0 unspecified atom stereocenters. The summed E-state index contributed by atoms with van der Waals surface area (Å²) >= 11 is 0. The molecule has 1 rings (SSSR count). The average molecular weight is 243 g/mol. The van der Waals surface area contributed by atoms with Crippen molar-refractivity contribution in [3.63, 3.8) is 0 Å². The summed E-state index contributed by atoms with van der Waals surface area (Å²) in [5, 5.41) is 8.64. The number of hydrogen-bond donors (Lipinski definition) is 0. The fraction of sp³-hybridized carbons (Fsp3) is 0.273. The van der Waals surface area contributed by atoms with E-state index in [0.717, 1.165) is 0 Å². The molecule has 1 atom stereocenters. The van der Waals surface area contributed by atoms with Crippen LogP contribution in [0.25, 0.3) is 0 Å². The fourth-order valence-corrected chi connectivity index (χ4v) is 1.24. The molecule has 0 aliphatic carbocycles. The summed E-state index contributed by atoms with van der Waals surface area (Å²) in [4.78, 5) is 11.0. The molecule has 0 heterocycles. The molecule has 17 heavy (non-hydrogen) atoms. The minimum absolute atomic E-state index is 0.00405. The van der Waals surface area contributed by atoms with Crippen LogP contribution in [0.5, 0.6) is 5.75 Å². The Morgan fingerprint density at radius 2 is 1.88 bits per heavy atom. The van der Waals surface area contributed by atoms with Crippen molar-refractivity contribution < 1.29 is 22.7 Å². The van der Waals surface area contributed by atoms with E-state index in [1.54, 1.807) is 0 Å². The number of carbonyl (C=O) groups excluding carboxylic acids is 1. The molecule has 0 radical (unpaired) electrons. The summed E-state index contributed by atoms with van der Waals surface area (Å²) in [5.74, 6) is -3.46. The molecule has 0 aliphatic rings. The molecule has 3 nitrogen and oxygen atoms in total. The number of nitriles is 1. The highest BCUT2D eigenvalue weighted by molar-refractivity contribution is 5.92. The highest BCUT2D eigenvalue weighted by Crippen LogP contribution is 2.28. The summed E-state index contributed by atoms with van der Waals surface area (Å²) in [7, 11) is 1.40. The van der Waals surface area contributed by atoms with Crippen LogP contribution >= 0.6 is 0 Å². The maximum absolute atomic E-state index is 12.2. The molecule has 6 heteroatoms. The van der Waals surface area contributed by atoms with Crippen LogP contribution in [0.3, 0.4) is 0 Å². The molecule has 1 aromatic carbocycles. The minimum Gasteiger partial charge on any atom is -0.497 e. The van der Waals surface area contributed by atoms with Crippen LogP contribution in [0, 0.1) is 11.3 Å². The van der Waals surface area contributed by atoms with Gasteiger partial charge in [-0.15, -0.1) is 0 Å². The van der Waals surface area contributed by atoms with Gasteiger partial charge in [-0.1, -0.05) is 12.1 Å². The Bertz CT molecular complexity index is 445. The van der Waals surface area contributed by atoms with Crippen molar-refractivity contribution >= 4 is 5.78 Å². The molecule has 0 saturated heterocycles. The second-order valence-corrected chi connectivity index (χ2v) is 3.20. The maximum Gasteiger partial charge on any atom is 0.451 e. The van der Waals surface area contributed by atoms with Crippen molar-refractivity contribution in [2.45, 2.75) is 12.1 Å². The molecule has 90 valence electrons. The predicted octanol–water partition coefficient (Wildman–Crippen LogP) is 2.43. The van der Waals surface area contributed by atoms with Crippen molar-refractivity contribution in [2.24, 2.45) is 0 Å². The number of Topliss-reactive ketones (excluding diaryl/α,β-unsaturated/α-hetero) is 1. The van der Waals surface area contributed by atoms with Crippen LogP contribution < -0.4 is 4.74 Å². The van der Waals surface area contributed by atoms with Crippen LogP contribution in [0.4, 0.5) is 13.2 Å². The highest BCUT2D eigenvalue weighted by Gasteiger charge is 2.44. The highest BCUT2D eigenvalue weighted by atomic mass is 19.4. The fourth-order valence-electron chi connectivity index (χ4n) is 1.24. The molecule has 1 aromatic rings. The van der Waals surface area contributed by atoms with Gasteiger partial charge in [0.05, 0.1) is 13.2 Å². The van der Waals surface area contributed by atoms with E-state index in [1.165, 1.54) is 37.4 Å². The Morgan fingerprint density at radius 3 is 2.24 bits per heavy atom. The summed E-state index contributed by atoms with van der Waals surface area (Å²) in [6, 6.07) is 6.66. The number of ketones is 1. The van der Waals surface area contributed by atoms with Crippen LogP contribution in [-0.4, -0.2) is 19.1 Å². The summed E-state index contributed by atoms with van der Waals surface area (Å²) in [6.45, 7) is 0. The molecule has 0 fully saturated rings. The number of methoxy groups -OCH3 is 1. The lowest BCUT2D eigenvalue weighted by atomic mass is 9.96. The van der Waals surface area contributed by atoms with Gasteiger partial charge in [0.2, 0.25) is 0 Å². The molecule has 0 saturated carbocycles. The Balaban J connectivity index is 3.03. The van der Waals surface area contributed by atoms with E-state index in [1.807, 2.05) is 0 Å². The standard InChI is InChI=1S/C11H8F3NO2/c1-17-8-4-2-7(3-5-8)9(6-15)10(16)11(12,13)14/h2-5,9H,1H3/t9-/m0/s1. The lowest BCUT2D eigenvalue weighted by Gasteiger charge is -2.11. The number of alkyl halides is 3. The third-order valence-electron chi connectivity index (χ3n) is 2.12. The van der Waals surface area contributed by atoms with Gasteiger partial charge in [-0.2, -0.15) is 18.4 Å². The first kappa shape index (κ1) is 13.0. The Kier molecular flexibility index (Phi) is 3.73. The number of ether oxygens (including phenoxy) is 1. The van der Waals surface area contributed by atoms with Gasteiger partial charge in [0.15, 0.2) is 0 Å². The van der Waals surface area contributed by atoms with Crippen LogP contribution in [0.15, 0.2) is 24.3 Å². The molecule has 0 spiro atoms. The van der Waals surface area contributed by atoms with Gasteiger partial charge in [-0.3, -0.25) is 4.79 Å². The lowest BCUT2D eigenvalue weighted by molar-refractivity contribution is -0.171. The summed E-state index contributed by atoms with van der Waals surface area (Å²) in [6.07, 6.45) is -5.01. The quantitative estimate of drug-likeness (QED) is 0.819. The van der Waals surface area contributed by atoms with E-state index in [-0.39, 0.29) is 5.56 Å². The van der Waals surface area contributed by atoms with Crippen molar-refractivity contribution in [2.75, 3.05) is 7.11 Å². The zero-order valence-electron chi connectivity index (χ0n) is 8.78. The van der Waals surface area contributed by atoms with E-state index in [0.29, 0.717) is 5.75 Å². The van der Waals surface area contributed by atoms with Gasteiger partial charge < -0.3 is 4.74 Å². The molecule has 0 aromatic heterocycles. The van der Waals surface area contributed by atoms with Gasteiger partial charge in [0.25, 0.3) is 5.78 Å².